The van der Waals surface area contributed by atoms with Gasteiger partial charge in [0.25, 0.3) is 0 Å². The fourth-order valence-electron chi connectivity index (χ4n) is 2.96. The number of methoxy groups -OCH3 is 3. The monoisotopic (exact) mass is 347 g/mol. The predicted octanol–water partition coefficient (Wildman–Crippen LogP) is 0.936. The van der Waals surface area contributed by atoms with Crippen molar-refractivity contribution in [3.05, 3.63) is 42.0 Å². The maximum atomic E-state index is 12.3. The van der Waals surface area contributed by atoms with E-state index in [-0.39, 0.29) is 6.42 Å². The third-order valence-electron chi connectivity index (χ3n) is 4.24. The second kappa shape index (κ2) is 7.94. The van der Waals surface area contributed by atoms with E-state index >= 15 is 0 Å². The van der Waals surface area contributed by atoms with Gasteiger partial charge in [-0.05, 0) is 5.56 Å². The largest absolute Gasteiger partial charge is 0.469 e. The first-order valence-corrected chi connectivity index (χ1v) is 7.74. The normalized spacial score (nSPS) is 21.7. The number of esters is 3. The predicted molar refractivity (Wildman–Crippen MR) is 89.3 cm³/mol. The maximum Gasteiger partial charge on any atom is 0.337 e. The van der Waals surface area contributed by atoms with E-state index in [4.69, 9.17) is 14.2 Å². The lowest BCUT2D eigenvalue weighted by atomic mass is 9.91. The molecule has 134 valence electrons. The van der Waals surface area contributed by atoms with Crippen LogP contribution in [0.4, 0.5) is 0 Å². The average Bonchev–Trinajstić information content (AvgIpc) is 3.06. The van der Waals surface area contributed by atoms with Crippen LogP contribution in [0.1, 0.15) is 12.0 Å². The van der Waals surface area contributed by atoms with E-state index < -0.39 is 35.4 Å². The number of hydrogen-bond donors (Lipinski definition) is 1. The molecule has 0 aliphatic carbocycles. The van der Waals surface area contributed by atoms with Crippen LogP contribution in [0.3, 0.4) is 0 Å². The van der Waals surface area contributed by atoms with Crippen LogP contribution in [0.15, 0.2) is 36.4 Å². The number of benzene rings is 1. The molecular formula is C18H21NO6. The Morgan fingerprint density at radius 1 is 1.04 bits per heavy atom. The van der Waals surface area contributed by atoms with Crippen LogP contribution in [0.5, 0.6) is 0 Å². The van der Waals surface area contributed by atoms with Gasteiger partial charge in [-0.3, -0.25) is 10.1 Å². The van der Waals surface area contributed by atoms with Gasteiger partial charge in [-0.15, -0.1) is 0 Å². The van der Waals surface area contributed by atoms with Gasteiger partial charge in [0, 0.05) is 12.5 Å². The van der Waals surface area contributed by atoms with Crippen molar-refractivity contribution < 1.29 is 28.6 Å². The minimum Gasteiger partial charge on any atom is -0.469 e. The Kier molecular flexibility index (Phi) is 5.93. The fraction of sp³-hybridized carbons (Fsp3) is 0.389. The van der Waals surface area contributed by atoms with Crippen LogP contribution in [-0.2, 0) is 28.6 Å². The molecule has 1 aromatic rings. The highest BCUT2D eigenvalue weighted by atomic mass is 16.5. The van der Waals surface area contributed by atoms with E-state index in [1.54, 1.807) is 12.2 Å². The van der Waals surface area contributed by atoms with Crippen LogP contribution in [0.25, 0.3) is 6.08 Å². The Labute approximate surface area is 145 Å². The summed E-state index contributed by atoms with van der Waals surface area (Å²) in [6.07, 6.45) is 3.42. The molecule has 0 radical (unpaired) electrons. The first-order valence-electron chi connectivity index (χ1n) is 7.74. The van der Waals surface area contributed by atoms with Crippen LogP contribution in [0, 0.1) is 5.92 Å². The van der Waals surface area contributed by atoms with Crippen molar-refractivity contribution >= 4 is 24.0 Å². The van der Waals surface area contributed by atoms with Crippen LogP contribution < -0.4 is 5.32 Å². The molecule has 1 saturated heterocycles. The Hall–Kier alpha value is -2.67. The molecular weight excluding hydrogens is 326 g/mol. The van der Waals surface area contributed by atoms with E-state index in [9.17, 15) is 14.4 Å². The summed E-state index contributed by atoms with van der Waals surface area (Å²) in [4.78, 5) is 36.6. The SMILES string of the molecule is COC(=O)[C@@H]1CC(C(=O)OC)(C(=O)OC)N[C@@H]1/C=C/c1ccccc1. The molecule has 1 heterocycles. The van der Waals surface area contributed by atoms with Gasteiger partial charge in [0.1, 0.15) is 0 Å². The van der Waals surface area contributed by atoms with E-state index in [1.807, 2.05) is 30.3 Å². The molecule has 1 fully saturated rings. The second-order valence-corrected chi connectivity index (χ2v) is 5.66. The highest BCUT2D eigenvalue weighted by Gasteiger charge is 2.58. The summed E-state index contributed by atoms with van der Waals surface area (Å²) in [6, 6.07) is 8.85. The van der Waals surface area contributed by atoms with Crippen molar-refractivity contribution in [1.82, 2.24) is 5.32 Å². The third kappa shape index (κ3) is 3.71. The number of carbonyl (C=O) groups excluding carboxylic acids is 3. The van der Waals surface area contributed by atoms with E-state index in [1.165, 1.54) is 21.3 Å². The molecule has 7 nitrogen and oxygen atoms in total. The van der Waals surface area contributed by atoms with Gasteiger partial charge in [0.2, 0.25) is 5.54 Å². The Balaban J connectivity index is 2.36. The molecule has 0 saturated carbocycles. The summed E-state index contributed by atoms with van der Waals surface area (Å²) in [5.74, 6) is -2.86. The molecule has 0 aromatic heterocycles. The van der Waals surface area contributed by atoms with Crippen molar-refractivity contribution in [1.29, 1.82) is 0 Å². The first kappa shape index (κ1) is 18.7. The van der Waals surface area contributed by atoms with Crippen molar-refractivity contribution in [2.45, 2.75) is 18.0 Å². The topological polar surface area (TPSA) is 90.9 Å². The molecule has 7 heteroatoms. The van der Waals surface area contributed by atoms with Crippen molar-refractivity contribution in [3.8, 4) is 0 Å². The highest BCUT2D eigenvalue weighted by molar-refractivity contribution is 6.06. The molecule has 2 atom stereocenters. The number of rotatable bonds is 5. The van der Waals surface area contributed by atoms with Gasteiger partial charge in [0.05, 0.1) is 27.2 Å². The lowest BCUT2D eigenvalue weighted by Crippen LogP contribution is -2.57. The second-order valence-electron chi connectivity index (χ2n) is 5.66. The zero-order valence-electron chi connectivity index (χ0n) is 14.4. The molecule has 0 spiro atoms. The highest BCUT2D eigenvalue weighted by Crippen LogP contribution is 2.33. The molecule has 0 bridgehead atoms. The van der Waals surface area contributed by atoms with Crippen LogP contribution in [0.2, 0.25) is 0 Å². The molecule has 0 unspecified atom stereocenters. The Morgan fingerprint density at radius 2 is 1.64 bits per heavy atom. The van der Waals surface area contributed by atoms with E-state index in [0.717, 1.165) is 5.56 Å². The number of hydrogen-bond acceptors (Lipinski definition) is 7. The molecule has 1 aliphatic heterocycles. The summed E-state index contributed by atoms with van der Waals surface area (Å²) in [5.41, 5.74) is -0.824. The van der Waals surface area contributed by atoms with Gasteiger partial charge < -0.3 is 14.2 Å². The van der Waals surface area contributed by atoms with Gasteiger partial charge in [0.15, 0.2) is 0 Å². The lowest BCUT2D eigenvalue weighted by Gasteiger charge is -2.23. The summed E-state index contributed by atoms with van der Waals surface area (Å²) in [6.45, 7) is 0. The van der Waals surface area contributed by atoms with Crippen molar-refractivity contribution in [2.75, 3.05) is 21.3 Å². The zero-order chi connectivity index (χ0) is 18.4. The number of ether oxygens (including phenoxy) is 3. The van der Waals surface area contributed by atoms with Gasteiger partial charge in [-0.25, -0.2) is 9.59 Å². The summed E-state index contributed by atoms with van der Waals surface area (Å²) >= 11 is 0. The third-order valence-corrected chi connectivity index (χ3v) is 4.24. The Bertz CT molecular complexity index is 653. The van der Waals surface area contributed by atoms with Crippen LogP contribution in [-0.4, -0.2) is 50.8 Å². The van der Waals surface area contributed by atoms with Gasteiger partial charge >= 0.3 is 17.9 Å². The summed E-state index contributed by atoms with van der Waals surface area (Å²) in [7, 11) is 3.61. The minimum atomic E-state index is -1.74. The summed E-state index contributed by atoms with van der Waals surface area (Å²) < 4.78 is 14.3. The Morgan fingerprint density at radius 3 is 2.16 bits per heavy atom. The van der Waals surface area contributed by atoms with Gasteiger partial charge in [-0.1, -0.05) is 42.5 Å². The number of carbonyl (C=O) groups is 3. The molecule has 1 aliphatic rings. The van der Waals surface area contributed by atoms with Crippen molar-refractivity contribution in [2.24, 2.45) is 5.92 Å². The molecule has 25 heavy (non-hydrogen) atoms. The zero-order valence-corrected chi connectivity index (χ0v) is 14.4. The first-order chi connectivity index (χ1) is 12.0. The number of nitrogens with one attached hydrogen (secondary N) is 1. The smallest absolute Gasteiger partial charge is 0.337 e. The lowest BCUT2D eigenvalue weighted by molar-refractivity contribution is -0.162. The molecule has 1 aromatic carbocycles. The van der Waals surface area contributed by atoms with Crippen LogP contribution >= 0.6 is 0 Å². The van der Waals surface area contributed by atoms with E-state index in [2.05, 4.69) is 5.32 Å². The van der Waals surface area contributed by atoms with Crippen molar-refractivity contribution in [3.63, 3.8) is 0 Å². The molecule has 0 amide bonds. The quantitative estimate of drug-likeness (QED) is 0.481. The standard InChI is InChI=1S/C18H21NO6/c1-23-15(20)13-11-18(16(21)24-2,17(22)25-3)19-14(13)10-9-12-7-5-4-6-8-12/h4-10,13-14,19H,11H2,1-3H3/b10-9+/t13-,14-/m1/s1. The van der Waals surface area contributed by atoms with Gasteiger partial charge in [-0.2, -0.15) is 0 Å². The molecule has 2 rings (SSSR count). The fourth-order valence-corrected chi connectivity index (χ4v) is 2.96. The van der Waals surface area contributed by atoms with E-state index in [0.29, 0.717) is 0 Å². The minimum absolute atomic E-state index is 0.108. The summed E-state index contributed by atoms with van der Waals surface area (Å²) in [5, 5.41) is 2.90. The average molecular weight is 347 g/mol. The maximum absolute atomic E-state index is 12.3. The molecule has 1 N–H and O–H groups in total.